The van der Waals surface area contributed by atoms with Crippen LogP contribution in [-0.4, -0.2) is 60.9 Å². The highest BCUT2D eigenvalue weighted by molar-refractivity contribution is 6.02. The maximum Gasteiger partial charge on any atom is 0.323 e. The Hall–Kier alpha value is -2.77. The summed E-state index contributed by atoms with van der Waals surface area (Å²) in [6.45, 7) is 11.7. The third-order valence-corrected chi connectivity index (χ3v) is 6.12. The van der Waals surface area contributed by atoms with Gasteiger partial charge in [-0.1, -0.05) is 6.92 Å². The van der Waals surface area contributed by atoms with Crippen molar-refractivity contribution in [2.75, 3.05) is 13.1 Å². The molecule has 1 aliphatic heterocycles. The van der Waals surface area contributed by atoms with Crippen LogP contribution < -0.4 is 5.69 Å². The number of likely N-dealkylation sites (tertiary alicyclic amines) is 1. The Morgan fingerprint density at radius 1 is 1.21 bits per heavy atom. The summed E-state index contributed by atoms with van der Waals surface area (Å²) in [5.74, 6) is 0.405. The number of carbonyl (C=O) groups excluding carboxylic acids is 1. The number of aromatic amines is 3. The molecule has 3 N–H and O–H groups in total. The first-order valence-electron chi connectivity index (χ1n) is 10.4. The van der Waals surface area contributed by atoms with E-state index in [2.05, 4.69) is 49.6 Å². The van der Waals surface area contributed by atoms with Crippen LogP contribution in [0, 0.1) is 5.92 Å². The SMILES string of the molecule is CC1CCN(C(=O)N(C(C)C)C(C)C)CC1c1nc2[nH]ccc2c2[nH]c(=O)[nH]c12. The number of nitrogens with zero attached hydrogens (tertiary/aromatic N) is 3. The first kappa shape index (κ1) is 19.5. The minimum atomic E-state index is -0.237. The molecule has 29 heavy (non-hydrogen) atoms. The van der Waals surface area contributed by atoms with Gasteiger partial charge in [-0.05, 0) is 46.1 Å². The molecule has 3 aromatic heterocycles. The van der Waals surface area contributed by atoms with Crippen molar-refractivity contribution in [1.29, 1.82) is 0 Å². The van der Waals surface area contributed by atoms with Crippen LogP contribution >= 0.6 is 0 Å². The molecule has 1 fully saturated rings. The van der Waals surface area contributed by atoms with Gasteiger partial charge in [0.05, 0.1) is 16.7 Å². The van der Waals surface area contributed by atoms with E-state index in [1.807, 2.05) is 22.1 Å². The molecule has 1 aliphatic rings. The van der Waals surface area contributed by atoms with Crippen LogP contribution in [0.4, 0.5) is 4.79 Å². The third-order valence-electron chi connectivity index (χ3n) is 6.12. The second-order valence-corrected chi connectivity index (χ2v) is 8.76. The molecule has 0 radical (unpaired) electrons. The van der Waals surface area contributed by atoms with E-state index in [0.29, 0.717) is 12.5 Å². The van der Waals surface area contributed by atoms with E-state index >= 15 is 0 Å². The van der Waals surface area contributed by atoms with E-state index in [1.165, 1.54) is 0 Å². The molecular formula is C21H30N6O2. The molecule has 8 heteroatoms. The van der Waals surface area contributed by atoms with Crippen molar-refractivity contribution in [2.24, 2.45) is 5.92 Å². The highest BCUT2D eigenvalue weighted by Gasteiger charge is 2.35. The number of aromatic nitrogens is 4. The van der Waals surface area contributed by atoms with Gasteiger partial charge in [0.2, 0.25) is 0 Å². The van der Waals surface area contributed by atoms with Crippen molar-refractivity contribution >= 4 is 28.1 Å². The maximum atomic E-state index is 13.3. The number of hydrogen-bond donors (Lipinski definition) is 3. The fourth-order valence-electron chi connectivity index (χ4n) is 4.68. The summed E-state index contributed by atoms with van der Waals surface area (Å²) in [5, 5.41) is 0.893. The van der Waals surface area contributed by atoms with Gasteiger partial charge in [-0.15, -0.1) is 0 Å². The van der Waals surface area contributed by atoms with Crippen molar-refractivity contribution in [2.45, 2.75) is 59.0 Å². The zero-order valence-electron chi connectivity index (χ0n) is 17.7. The van der Waals surface area contributed by atoms with Crippen LogP contribution in [0.2, 0.25) is 0 Å². The van der Waals surface area contributed by atoms with E-state index in [0.717, 1.165) is 40.7 Å². The average molecular weight is 399 g/mol. The van der Waals surface area contributed by atoms with E-state index < -0.39 is 0 Å². The number of rotatable bonds is 3. The lowest BCUT2D eigenvalue weighted by Crippen LogP contribution is -2.53. The van der Waals surface area contributed by atoms with Gasteiger partial charge in [0.15, 0.2) is 0 Å². The Labute approximate surface area is 169 Å². The smallest absolute Gasteiger partial charge is 0.323 e. The Balaban J connectivity index is 1.74. The summed E-state index contributed by atoms with van der Waals surface area (Å²) in [7, 11) is 0. The maximum absolute atomic E-state index is 13.3. The Morgan fingerprint density at radius 2 is 1.90 bits per heavy atom. The fraction of sp³-hybridized carbons (Fsp3) is 0.571. The van der Waals surface area contributed by atoms with E-state index in [-0.39, 0.29) is 29.7 Å². The number of H-pyrrole nitrogens is 3. The Bertz CT molecular complexity index is 1080. The van der Waals surface area contributed by atoms with Gasteiger partial charge < -0.3 is 24.8 Å². The molecule has 0 saturated carbocycles. The monoisotopic (exact) mass is 398 g/mol. The Kier molecular flexibility index (Phi) is 4.88. The number of imidazole rings is 1. The van der Waals surface area contributed by atoms with Crippen molar-refractivity contribution < 1.29 is 4.79 Å². The molecule has 1 saturated heterocycles. The summed E-state index contributed by atoms with van der Waals surface area (Å²) >= 11 is 0. The number of carbonyl (C=O) groups is 1. The van der Waals surface area contributed by atoms with Crippen LogP contribution in [0.25, 0.3) is 22.1 Å². The molecular weight excluding hydrogens is 368 g/mol. The number of nitrogens with one attached hydrogen (secondary N) is 3. The lowest BCUT2D eigenvalue weighted by Gasteiger charge is -2.41. The number of piperidine rings is 1. The zero-order chi connectivity index (χ0) is 20.9. The summed E-state index contributed by atoms with van der Waals surface area (Å²) in [5.41, 5.74) is 2.89. The van der Waals surface area contributed by atoms with Crippen LogP contribution in [0.15, 0.2) is 17.1 Å². The second-order valence-electron chi connectivity index (χ2n) is 8.76. The first-order chi connectivity index (χ1) is 13.8. The molecule has 2 unspecified atom stereocenters. The van der Waals surface area contributed by atoms with Gasteiger partial charge in [-0.2, -0.15) is 0 Å². The van der Waals surface area contributed by atoms with Crippen molar-refractivity contribution in [3.8, 4) is 0 Å². The number of fused-ring (bicyclic) bond motifs is 3. The predicted molar refractivity (Wildman–Crippen MR) is 114 cm³/mol. The minimum absolute atomic E-state index is 0.0514. The molecule has 156 valence electrons. The molecule has 4 heterocycles. The normalized spacial score (nSPS) is 20.3. The molecule has 0 aliphatic carbocycles. The molecule has 2 atom stereocenters. The summed E-state index contributed by atoms with van der Waals surface area (Å²) in [6.07, 6.45) is 2.73. The van der Waals surface area contributed by atoms with Crippen LogP contribution in [-0.2, 0) is 0 Å². The number of pyridine rings is 1. The second kappa shape index (κ2) is 7.24. The first-order valence-corrected chi connectivity index (χ1v) is 10.4. The predicted octanol–water partition coefficient (Wildman–Crippen LogP) is 3.40. The van der Waals surface area contributed by atoms with E-state index in [9.17, 15) is 9.59 Å². The molecule has 0 aromatic carbocycles. The standard InChI is InChI=1S/C21H30N6O2/c1-11(2)27(12(3)4)21(29)26-9-7-13(5)15(10-26)17-18-16(24-20(28)25-18)14-6-8-22-19(14)23-17/h6,8,11-13,15H,7,9-10H2,1-5H3,(H,22,23)(H2,24,25,28). The molecule has 3 aromatic rings. The van der Waals surface area contributed by atoms with Crippen LogP contribution in [0.5, 0.6) is 0 Å². The number of urea groups is 1. The molecule has 4 rings (SSSR count). The summed E-state index contributed by atoms with van der Waals surface area (Å²) in [6, 6.07) is 2.27. The van der Waals surface area contributed by atoms with Crippen LogP contribution in [0.1, 0.15) is 52.7 Å². The Morgan fingerprint density at radius 3 is 2.59 bits per heavy atom. The van der Waals surface area contributed by atoms with E-state index in [1.54, 1.807) is 0 Å². The summed E-state index contributed by atoms with van der Waals surface area (Å²) in [4.78, 5) is 43.1. The van der Waals surface area contributed by atoms with Crippen molar-refractivity contribution in [3.05, 3.63) is 28.4 Å². The lowest BCUT2D eigenvalue weighted by atomic mass is 9.84. The summed E-state index contributed by atoms with van der Waals surface area (Å²) < 4.78 is 0. The molecule has 0 spiro atoms. The molecule has 2 amide bonds. The third kappa shape index (κ3) is 3.30. The zero-order valence-corrected chi connectivity index (χ0v) is 17.7. The fourth-order valence-corrected chi connectivity index (χ4v) is 4.68. The van der Waals surface area contributed by atoms with Gasteiger partial charge in [0, 0.05) is 42.7 Å². The quantitative estimate of drug-likeness (QED) is 0.630. The topological polar surface area (TPSA) is 101 Å². The van der Waals surface area contributed by atoms with Gasteiger partial charge >= 0.3 is 11.7 Å². The number of hydrogen-bond acceptors (Lipinski definition) is 3. The van der Waals surface area contributed by atoms with Crippen LogP contribution in [0.3, 0.4) is 0 Å². The lowest BCUT2D eigenvalue weighted by molar-refractivity contribution is 0.103. The van der Waals surface area contributed by atoms with Gasteiger partial charge in [-0.25, -0.2) is 14.6 Å². The van der Waals surface area contributed by atoms with Crippen molar-refractivity contribution in [1.82, 2.24) is 29.7 Å². The highest BCUT2D eigenvalue weighted by atomic mass is 16.2. The minimum Gasteiger partial charge on any atom is -0.346 e. The molecule has 0 bridgehead atoms. The molecule has 8 nitrogen and oxygen atoms in total. The largest absolute Gasteiger partial charge is 0.346 e. The van der Waals surface area contributed by atoms with E-state index in [4.69, 9.17) is 4.98 Å². The van der Waals surface area contributed by atoms with Crippen molar-refractivity contribution in [3.63, 3.8) is 0 Å². The highest BCUT2D eigenvalue weighted by Crippen LogP contribution is 2.36. The van der Waals surface area contributed by atoms with Gasteiger partial charge in [0.25, 0.3) is 0 Å². The number of amides is 2. The van der Waals surface area contributed by atoms with Gasteiger partial charge in [0.1, 0.15) is 5.65 Å². The average Bonchev–Trinajstić information content (AvgIpc) is 3.26. The van der Waals surface area contributed by atoms with Gasteiger partial charge in [-0.3, -0.25) is 0 Å².